The molecule has 0 N–H and O–H groups in total. The van der Waals surface area contributed by atoms with Gasteiger partial charge < -0.3 is 0 Å². The highest BCUT2D eigenvalue weighted by atomic mass is 15.1. The van der Waals surface area contributed by atoms with Crippen LogP contribution in [0.5, 0.6) is 0 Å². The molecule has 1 aliphatic heterocycles. The maximum Gasteiger partial charge on any atom is 0.111 e. The Kier molecular flexibility index (Phi) is 2.13. The first kappa shape index (κ1) is 6.90. The van der Waals surface area contributed by atoms with Gasteiger partial charge in [-0.2, -0.15) is 5.11 Å². The summed E-state index contributed by atoms with van der Waals surface area (Å²) in [5.74, 6) is 3.04. The first-order valence-corrected chi connectivity index (χ1v) is 3.18. The lowest BCUT2D eigenvalue weighted by atomic mass is 10.1. The summed E-state index contributed by atoms with van der Waals surface area (Å²) in [5, 5.41) is 7.35. The fourth-order valence-electron chi connectivity index (χ4n) is 0.562. The lowest BCUT2D eigenvalue weighted by Crippen LogP contribution is -1.88. The van der Waals surface area contributed by atoms with Gasteiger partial charge in [0.05, 0.1) is 11.9 Å². The first-order chi connectivity index (χ1) is 4.80. The van der Waals surface area contributed by atoms with Crippen molar-refractivity contribution >= 4 is 5.87 Å². The normalized spacial score (nSPS) is 15.7. The summed E-state index contributed by atoms with van der Waals surface area (Å²) in [6.45, 7) is 4.11. The molecule has 0 aromatic carbocycles. The Morgan fingerprint density at radius 3 is 2.90 bits per heavy atom. The van der Waals surface area contributed by atoms with Gasteiger partial charge >= 0.3 is 0 Å². The molecule has 3 heteroatoms. The van der Waals surface area contributed by atoms with Crippen LogP contribution < -0.4 is 0 Å². The Morgan fingerprint density at radius 1 is 1.40 bits per heavy atom. The van der Waals surface area contributed by atoms with E-state index in [0.717, 1.165) is 5.70 Å². The Labute approximate surface area is 59.9 Å². The van der Waals surface area contributed by atoms with Gasteiger partial charge in [-0.1, -0.05) is 13.8 Å². The Hall–Kier alpha value is -1.21. The van der Waals surface area contributed by atoms with E-state index in [1.54, 1.807) is 6.20 Å². The van der Waals surface area contributed by atoms with Crippen molar-refractivity contribution in [3.05, 3.63) is 18.1 Å². The average molecular weight is 135 g/mol. The molecule has 0 fully saturated rings. The number of nitrogens with zero attached hydrogens (tertiary/aromatic N) is 3. The maximum atomic E-state index is 3.99. The maximum absolute atomic E-state index is 3.99. The number of rotatable bonds is 1. The molecule has 1 aliphatic rings. The third-order valence-electron chi connectivity index (χ3n) is 1.16. The van der Waals surface area contributed by atoms with Crippen LogP contribution in [0.25, 0.3) is 0 Å². The van der Waals surface area contributed by atoms with Crippen LogP contribution in [0.4, 0.5) is 0 Å². The second kappa shape index (κ2) is 3.08. The van der Waals surface area contributed by atoms with Gasteiger partial charge in [0.2, 0.25) is 0 Å². The highest BCUT2D eigenvalue weighted by Crippen LogP contribution is 2.10. The summed E-state index contributed by atoms with van der Waals surface area (Å²) in [7, 11) is 0. The zero-order valence-electron chi connectivity index (χ0n) is 6.07. The van der Waals surface area contributed by atoms with Gasteiger partial charge in [-0.15, -0.1) is 5.11 Å². The number of allylic oxidation sites excluding steroid dienone is 1. The summed E-state index contributed by atoms with van der Waals surface area (Å²) < 4.78 is 0. The van der Waals surface area contributed by atoms with Crippen molar-refractivity contribution in [1.29, 1.82) is 0 Å². The molecule has 10 heavy (non-hydrogen) atoms. The second-order valence-electron chi connectivity index (χ2n) is 2.31. The van der Waals surface area contributed by atoms with Crippen molar-refractivity contribution in [1.82, 2.24) is 0 Å². The van der Waals surface area contributed by atoms with Crippen LogP contribution in [0.1, 0.15) is 13.8 Å². The van der Waals surface area contributed by atoms with Gasteiger partial charge in [-0.25, -0.2) is 4.99 Å². The van der Waals surface area contributed by atoms with E-state index in [0.29, 0.717) is 5.92 Å². The SMILES string of the molecule is CC(C)C1=CN=NC=C=N1. The van der Waals surface area contributed by atoms with E-state index in [4.69, 9.17) is 0 Å². The monoisotopic (exact) mass is 135 g/mol. The molecule has 0 saturated carbocycles. The molecular weight excluding hydrogens is 126 g/mol. The standard InChI is InChI=1S/C7H9N3/c1-6(2)7-5-10-9-4-3-8-7/h4-6H,1-2H3. The van der Waals surface area contributed by atoms with Crippen LogP contribution in [-0.2, 0) is 0 Å². The van der Waals surface area contributed by atoms with Crippen LogP contribution in [0.15, 0.2) is 33.3 Å². The topological polar surface area (TPSA) is 37.1 Å². The lowest BCUT2D eigenvalue weighted by molar-refractivity contribution is 0.755. The molecule has 0 aliphatic carbocycles. The van der Waals surface area contributed by atoms with Gasteiger partial charge in [-0.05, 0) is 5.92 Å². The van der Waals surface area contributed by atoms with E-state index in [1.807, 2.05) is 0 Å². The Balaban J connectivity index is 2.86. The lowest BCUT2D eigenvalue weighted by Gasteiger charge is -1.99. The van der Waals surface area contributed by atoms with E-state index in [9.17, 15) is 0 Å². The Morgan fingerprint density at radius 2 is 2.20 bits per heavy atom. The van der Waals surface area contributed by atoms with E-state index >= 15 is 0 Å². The number of aliphatic imine (C=N–C) groups is 1. The zero-order chi connectivity index (χ0) is 7.40. The van der Waals surface area contributed by atoms with Crippen LogP contribution in [0.2, 0.25) is 0 Å². The summed E-state index contributed by atoms with van der Waals surface area (Å²) in [5.41, 5.74) is 0.914. The molecule has 0 bridgehead atoms. The van der Waals surface area contributed by atoms with Crippen molar-refractivity contribution in [3.63, 3.8) is 0 Å². The van der Waals surface area contributed by atoms with Crippen LogP contribution in [0, 0.1) is 5.92 Å². The third-order valence-corrected chi connectivity index (χ3v) is 1.16. The number of hydrogen-bond acceptors (Lipinski definition) is 3. The van der Waals surface area contributed by atoms with Crippen LogP contribution >= 0.6 is 0 Å². The number of hydrogen-bond donors (Lipinski definition) is 0. The molecule has 1 rings (SSSR count). The largest absolute Gasteiger partial charge is 0.207 e. The van der Waals surface area contributed by atoms with Gasteiger partial charge in [0, 0.05) is 5.87 Å². The predicted molar refractivity (Wildman–Crippen MR) is 39.8 cm³/mol. The second-order valence-corrected chi connectivity index (χ2v) is 2.31. The molecular formula is C7H9N3. The van der Waals surface area contributed by atoms with Gasteiger partial charge in [0.1, 0.15) is 6.20 Å². The quantitative estimate of drug-likeness (QED) is 0.528. The van der Waals surface area contributed by atoms with Crippen molar-refractivity contribution < 1.29 is 0 Å². The average Bonchev–Trinajstić information content (AvgIpc) is 2.12. The van der Waals surface area contributed by atoms with E-state index in [-0.39, 0.29) is 0 Å². The molecule has 0 spiro atoms. The fraction of sp³-hybridized carbons (Fsp3) is 0.429. The molecule has 0 amide bonds. The summed E-state index contributed by atoms with van der Waals surface area (Å²) in [4.78, 5) is 3.99. The highest BCUT2D eigenvalue weighted by molar-refractivity contribution is 5.53. The molecule has 1 heterocycles. The Bertz CT molecular complexity index is 229. The van der Waals surface area contributed by atoms with Crippen LogP contribution in [0.3, 0.4) is 0 Å². The van der Waals surface area contributed by atoms with Crippen molar-refractivity contribution in [2.75, 3.05) is 0 Å². The van der Waals surface area contributed by atoms with Crippen molar-refractivity contribution in [2.45, 2.75) is 13.8 Å². The van der Waals surface area contributed by atoms with E-state index < -0.39 is 0 Å². The highest BCUT2D eigenvalue weighted by Gasteiger charge is 1.99. The minimum atomic E-state index is 0.387. The molecule has 0 saturated heterocycles. The minimum absolute atomic E-state index is 0.387. The van der Waals surface area contributed by atoms with Gasteiger partial charge in [0.15, 0.2) is 0 Å². The van der Waals surface area contributed by atoms with Crippen molar-refractivity contribution in [2.24, 2.45) is 21.1 Å². The molecule has 0 aromatic heterocycles. The summed E-state index contributed by atoms with van der Waals surface area (Å²) in [6, 6.07) is 0. The van der Waals surface area contributed by atoms with E-state index in [1.165, 1.54) is 6.20 Å². The van der Waals surface area contributed by atoms with Crippen molar-refractivity contribution in [3.8, 4) is 0 Å². The molecule has 3 nitrogen and oxygen atoms in total. The minimum Gasteiger partial charge on any atom is -0.207 e. The molecule has 0 unspecified atom stereocenters. The molecule has 0 atom stereocenters. The fourth-order valence-corrected chi connectivity index (χ4v) is 0.562. The molecule has 0 radical (unpaired) electrons. The molecule has 0 aromatic rings. The van der Waals surface area contributed by atoms with Gasteiger partial charge in [-0.3, -0.25) is 0 Å². The third kappa shape index (κ3) is 1.64. The smallest absolute Gasteiger partial charge is 0.111 e. The molecule has 52 valence electrons. The number of azo groups is 1. The first-order valence-electron chi connectivity index (χ1n) is 3.18. The van der Waals surface area contributed by atoms with Gasteiger partial charge in [0.25, 0.3) is 0 Å². The summed E-state index contributed by atoms with van der Waals surface area (Å²) in [6.07, 6.45) is 3.10. The zero-order valence-corrected chi connectivity index (χ0v) is 6.07. The van der Waals surface area contributed by atoms with E-state index in [2.05, 4.69) is 34.9 Å². The summed E-state index contributed by atoms with van der Waals surface area (Å²) >= 11 is 0. The van der Waals surface area contributed by atoms with Crippen LogP contribution in [-0.4, -0.2) is 5.87 Å². The predicted octanol–water partition coefficient (Wildman–Crippen LogP) is 2.13.